The van der Waals surface area contributed by atoms with Gasteiger partial charge in [-0.25, -0.2) is 0 Å². The molecule has 1 aliphatic carbocycles. The van der Waals surface area contributed by atoms with E-state index in [4.69, 9.17) is 0 Å². The lowest BCUT2D eigenvalue weighted by Crippen LogP contribution is -2.51. The lowest BCUT2D eigenvalue weighted by Gasteiger charge is -2.41. The van der Waals surface area contributed by atoms with Gasteiger partial charge in [0, 0.05) is 30.7 Å². The summed E-state index contributed by atoms with van der Waals surface area (Å²) in [4.78, 5) is 2.65. The zero-order valence-electron chi connectivity index (χ0n) is 15.0. The zero-order chi connectivity index (χ0) is 15.3. The second kappa shape index (κ2) is 7.97. The van der Waals surface area contributed by atoms with E-state index in [-0.39, 0.29) is 0 Å². The Hall–Kier alpha value is -0.0800. The van der Waals surface area contributed by atoms with Crippen LogP contribution in [0, 0.1) is 5.92 Å². The molecule has 0 spiro atoms. The Morgan fingerprint density at radius 1 is 0.905 bits per heavy atom. The lowest BCUT2D eigenvalue weighted by molar-refractivity contribution is 0.0931. The van der Waals surface area contributed by atoms with Crippen molar-refractivity contribution in [3.63, 3.8) is 0 Å². The van der Waals surface area contributed by atoms with Crippen LogP contribution in [0.1, 0.15) is 85.5 Å². The minimum Gasteiger partial charge on any atom is -0.311 e. The van der Waals surface area contributed by atoms with Gasteiger partial charge < -0.3 is 5.32 Å². The van der Waals surface area contributed by atoms with Gasteiger partial charge in [0.25, 0.3) is 0 Å². The molecule has 0 aromatic rings. The summed E-state index contributed by atoms with van der Waals surface area (Å²) < 4.78 is 0. The van der Waals surface area contributed by atoms with Crippen LogP contribution in [0.25, 0.3) is 0 Å². The summed E-state index contributed by atoms with van der Waals surface area (Å²) in [6.07, 6.45) is 12.7. The number of hydrogen-bond donors (Lipinski definition) is 1. The second-order valence-electron chi connectivity index (χ2n) is 8.46. The lowest BCUT2D eigenvalue weighted by atomic mass is 9.95. The molecule has 1 saturated heterocycles. The zero-order valence-corrected chi connectivity index (χ0v) is 15.0. The van der Waals surface area contributed by atoms with Gasteiger partial charge in [0.1, 0.15) is 0 Å². The molecule has 1 heterocycles. The predicted molar refractivity (Wildman–Crippen MR) is 92.8 cm³/mol. The van der Waals surface area contributed by atoms with Crippen molar-refractivity contribution in [1.29, 1.82) is 0 Å². The maximum absolute atomic E-state index is 4.01. The van der Waals surface area contributed by atoms with E-state index >= 15 is 0 Å². The Bertz CT molecular complexity index is 286. The Kier molecular flexibility index (Phi) is 6.55. The van der Waals surface area contributed by atoms with Gasteiger partial charge in [0.2, 0.25) is 0 Å². The molecule has 2 atom stereocenters. The fourth-order valence-corrected chi connectivity index (χ4v) is 4.29. The quantitative estimate of drug-likeness (QED) is 0.763. The molecule has 0 amide bonds. The van der Waals surface area contributed by atoms with Gasteiger partial charge in [-0.3, -0.25) is 4.90 Å². The van der Waals surface area contributed by atoms with Gasteiger partial charge in [-0.15, -0.1) is 0 Å². The first-order chi connectivity index (χ1) is 9.99. The molecule has 1 N–H and O–H groups in total. The highest BCUT2D eigenvalue weighted by atomic mass is 15.2. The first kappa shape index (κ1) is 17.3. The van der Waals surface area contributed by atoms with E-state index in [1.165, 1.54) is 70.9 Å². The van der Waals surface area contributed by atoms with Gasteiger partial charge in [-0.2, -0.15) is 0 Å². The molecule has 2 aliphatic rings. The molecule has 2 fully saturated rings. The van der Waals surface area contributed by atoms with Crippen LogP contribution in [0.4, 0.5) is 0 Å². The Morgan fingerprint density at radius 2 is 1.57 bits per heavy atom. The highest BCUT2D eigenvalue weighted by molar-refractivity contribution is 4.86. The Labute approximate surface area is 133 Å². The maximum atomic E-state index is 4.01. The van der Waals surface area contributed by atoms with E-state index in [0.29, 0.717) is 5.54 Å². The predicted octanol–water partition coefficient (Wildman–Crippen LogP) is 4.59. The third kappa shape index (κ3) is 5.56. The fourth-order valence-electron chi connectivity index (χ4n) is 4.29. The summed E-state index contributed by atoms with van der Waals surface area (Å²) in [6.45, 7) is 11.9. The topological polar surface area (TPSA) is 15.3 Å². The molecule has 0 bridgehead atoms. The third-order valence-electron chi connectivity index (χ3n) is 5.70. The summed E-state index contributed by atoms with van der Waals surface area (Å²) in [7, 11) is 0. The fraction of sp³-hybridized carbons (Fsp3) is 1.00. The first-order valence-corrected chi connectivity index (χ1v) is 9.50. The van der Waals surface area contributed by atoms with Gasteiger partial charge in [0.05, 0.1) is 0 Å². The summed E-state index contributed by atoms with van der Waals surface area (Å²) >= 11 is 0. The highest BCUT2D eigenvalue weighted by Crippen LogP contribution is 2.28. The van der Waals surface area contributed by atoms with E-state index in [1.807, 2.05) is 0 Å². The van der Waals surface area contributed by atoms with Crippen LogP contribution < -0.4 is 5.32 Å². The number of piperidine rings is 1. The van der Waals surface area contributed by atoms with Crippen molar-refractivity contribution in [3.05, 3.63) is 0 Å². The monoisotopic (exact) mass is 294 g/mol. The molecule has 1 aliphatic heterocycles. The van der Waals surface area contributed by atoms with Gasteiger partial charge in [0.15, 0.2) is 0 Å². The molecule has 124 valence electrons. The van der Waals surface area contributed by atoms with Crippen molar-refractivity contribution < 1.29 is 0 Å². The number of nitrogens with one attached hydrogen (secondary N) is 1. The largest absolute Gasteiger partial charge is 0.311 e. The van der Waals surface area contributed by atoms with E-state index in [9.17, 15) is 0 Å². The molecule has 1 saturated carbocycles. The molecule has 2 rings (SSSR count). The number of nitrogens with zero attached hydrogens (tertiary/aromatic N) is 1. The van der Waals surface area contributed by atoms with Crippen LogP contribution in [-0.2, 0) is 0 Å². The SMILES string of the molecule is CCCC1CCCC(NC2CCN(C(C)(C)C)CC2)CC1. The first-order valence-electron chi connectivity index (χ1n) is 9.50. The molecule has 2 nitrogen and oxygen atoms in total. The van der Waals surface area contributed by atoms with Crippen LogP contribution in [-0.4, -0.2) is 35.6 Å². The minimum atomic E-state index is 0.348. The summed E-state index contributed by atoms with van der Waals surface area (Å²) in [6, 6.07) is 1.58. The summed E-state index contributed by atoms with van der Waals surface area (Å²) in [5.74, 6) is 1.02. The van der Waals surface area contributed by atoms with Crippen molar-refractivity contribution >= 4 is 0 Å². The van der Waals surface area contributed by atoms with Crippen molar-refractivity contribution in [2.24, 2.45) is 5.92 Å². The second-order valence-corrected chi connectivity index (χ2v) is 8.46. The van der Waals surface area contributed by atoms with Crippen LogP contribution in [0.2, 0.25) is 0 Å². The van der Waals surface area contributed by atoms with Crippen LogP contribution in [0.5, 0.6) is 0 Å². The molecule has 2 heteroatoms. The molecule has 2 unspecified atom stereocenters. The van der Waals surface area contributed by atoms with Crippen molar-refractivity contribution in [1.82, 2.24) is 10.2 Å². The van der Waals surface area contributed by atoms with Crippen molar-refractivity contribution in [2.45, 2.75) is 103 Å². The average molecular weight is 295 g/mol. The normalized spacial score (nSPS) is 30.3. The summed E-state index contributed by atoms with van der Waals surface area (Å²) in [5, 5.41) is 4.01. The van der Waals surface area contributed by atoms with E-state index in [2.05, 4.69) is 37.9 Å². The Balaban J connectivity index is 1.71. The van der Waals surface area contributed by atoms with E-state index < -0.39 is 0 Å². The molecule has 0 radical (unpaired) electrons. The average Bonchev–Trinajstić information content (AvgIpc) is 2.65. The van der Waals surface area contributed by atoms with Crippen molar-refractivity contribution in [3.8, 4) is 0 Å². The van der Waals surface area contributed by atoms with Crippen molar-refractivity contribution in [2.75, 3.05) is 13.1 Å². The van der Waals surface area contributed by atoms with Gasteiger partial charge >= 0.3 is 0 Å². The van der Waals surface area contributed by atoms with Gasteiger partial charge in [-0.05, 0) is 58.8 Å². The highest BCUT2D eigenvalue weighted by Gasteiger charge is 2.28. The number of hydrogen-bond acceptors (Lipinski definition) is 2. The Morgan fingerprint density at radius 3 is 2.19 bits per heavy atom. The third-order valence-corrected chi connectivity index (χ3v) is 5.70. The molecule has 21 heavy (non-hydrogen) atoms. The molecular formula is C19H38N2. The number of likely N-dealkylation sites (tertiary alicyclic amines) is 1. The van der Waals surface area contributed by atoms with Crippen LogP contribution in [0.3, 0.4) is 0 Å². The van der Waals surface area contributed by atoms with Crippen LogP contribution in [0.15, 0.2) is 0 Å². The smallest absolute Gasteiger partial charge is 0.0125 e. The molecule has 0 aromatic carbocycles. The van der Waals surface area contributed by atoms with E-state index in [1.54, 1.807) is 0 Å². The van der Waals surface area contributed by atoms with Crippen LogP contribution >= 0.6 is 0 Å². The molecule has 0 aromatic heterocycles. The number of rotatable bonds is 4. The van der Waals surface area contributed by atoms with Gasteiger partial charge in [-0.1, -0.05) is 32.6 Å². The minimum absolute atomic E-state index is 0.348. The maximum Gasteiger partial charge on any atom is 0.0125 e. The standard InChI is InChI=1S/C19H38N2/c1-5-7-16-8-6-9-17(11-10-16)20-18-12-14-21(15-13-18)19(2,3)4/h16-18,20H,5-15H2,1-4H3. The van der Waals surface area contributed by atoms with E-state index in [0.717, 1.165) is 18.0 Å². The summed E-state index contributed by atoms with van der Waals surface area (Å²) in [5.41, 5.74) is 0.348. The molecular weight excluding hydrogens is 256 g/mol.